The normalized spacial score (nSPS) is 18.2. The van der Waals surface area contributed by atoms with Crippen molar-refractivity contribution in [3.8, 4) is 0 Å². The van der Waals surface area contributed by atoms with Crippen molar-refractivity contribution in [1.82, 2.24) is 5.32 Å². The molecule has 1 aromatic carbocycles. The van der Waals surface area contributed by atoms with Gasteiger partial charge in [-0.05, 0) is 31.4 Å². The van der Waals surface area contributed by atoms with Crippen molar-refractivity contribution in [3.05, 3.63) is 33.3 Å². The molecule has 1 unspecified atom stereocenters. The largest absolute Gasteiger partial charge is 0.363 e. The fourth-order valence-corrected chi connectivity index (χ4v) is 3.13. The van der Waals surface area contributed by atoms with Gasteiger partial charge in [0.15, 0.2) is 0 Å². The summed E-state index contributed by atoms with van der Waals surface area (Å²) in [6.07, 6.45) is 2.26. The van der Waals surface area contributed by atoms with Gasteiger partial charge in [0, 0.05) is 25.2 Å². The fraction of sp³-hybridized carbons (Fsp3) is 0.600. The van der Waals surface area contributed by atoms with E-state index in [2.05, 4.69) is 24.1 Å². The second-order valence-corrected chi connectivity index (χ2v) is 6.36. The van der Waals surface area contributed by atoms with Crippen LogP contribution >= 0.6 is 11.6 Å². The van der Waals surface area contributed by atoms with Gasteiger partial charge in [-0.2, -0.15) is 0 Å². The minimum atomic E-state index is -0.351. The molecule has 116 valence electrons. The lowest BCUT2D eigenvalue weighted by Crippen LogP contribution is -2.39. The zero-order valence-electron chi connectivity index (χ0n) is 12.5. The highest BCUT2D eigenvalue weighted by atomic mass is 35.5. The average molecular weight is 312 g/mol. The molecule has 1 saturated heterocycles. The van der Waals surface area contributed by atoms with Gasteiger partial charge in [0.25, 0.3) is 5.69 Å². The van der Waals surface area contributed by atoms with Crippen molar-refractivity contribution in [1.29, 1.82) is 0 Å². The van der Waals surface area contributed by atoms with Gasteiger partial charge in [0.05, 0.1) is 9.95 Å². The topological polar surface area (TPSA) is 58.4 Å². The van der Waals surface area contributed by atoms with E-state index in [0.717, 1.165) is 32.5 Å². The number of nitro benzene ring substituents is 1. The Bertz CT molecular complexity index is 502. The fourth-order valence-electron chi connectivity index (χ4n) is 2.84. The highest BCUT2D eigenvalue weighted by Gasteiger charge is 2.26. The summed E-state index contributed by atoms with van der Waals surface area (Å²) >= 11 is 6.27. The molecule has 5 nitrogen and oxygen atoms in total. The maximum atomic E-state index is 11.3. The summed E-state index contributed by atoms with van der Waals surface area (Å²) in [5.74, 6) is 0.405. The molecule has 0 aliphatic carbocycles. The lowest BCUT2D eigenvalue weighted by atomic mass is 10.1. The molecule has 0 bridgehead atoms. The van der Waals surface area contributed by atoms with Crippen LogP contribution in [0.3, 0.4) is 0 Å². The maximum Gasteiger partial charge on any atom is 0.294 e. The highest BCUT2D eigenvalue weighted by molar-refractivity contribution is 6.33. The van der Waals surface area contributed by atoms with Crippen molar-refractivity contribution in [2.24, 2.45) is 5.92 Å². The Kier molecular flexibility index (Phi) is 5.42. The van der Waals surface area contributed by atoms with Gasteiger partial charge in [-0.25, -0.2) is 0 Å². The maximum absolute atomic E-state index is 11.3. The molecule has 0 aromatic heterocycles. The number of nitrogens with zero attached hydrogens (tertiary/aromatic N) is 2. The minimum Gasteiger partial charge on any atom is -0.363 e. The van der Waals surface area contributed by atoms with Gasteiger partial charge in [-0.3, -0.25) is 10.1 Å². The molecule has 1 N–H and O–H groups in total. The van der Waals surface area contributed by atoms with E-state index >= 15 is 0 Å². The molecule has 1 aliphatic rings. The summed E-state index contributed by atoms with van der Waals surface area (Å²) in [6.45, 7) is 6.74. The molecule has 21 heavy (non-hydrogen) atoms. The van der Waals surface area contributed by atoms with Gasteiger partial charge >= 0.3 is 0 Å². The molecule has 0 amide bonds. The van der Waals surface area contributed by atoms with Gasteiger partial charge in [0.1, 0.15) is 5.69 Å². The molecule has 1 atom stereocenters. The summed E-state index contributed by atoms with van der Waals surface area (Å²) in [6, 6.07) is 5.25. The van der Waals surface area contributed by atoms with Crippen LogP contribution in [0, 0.1) is 16.0 Å². The van der Waals surface area contributed by atoms with E-state index in [1.807, 2.05) is 0 Å². The lowest BCUT2D eigenvalue weighted by molar-refractivity contribution is -0.384. The number of benzene rings is 1. The van der Waals surface area contributed by atoms with Crippen LogP contribution in [0.1, 0.15) is 26.7 Å². The molecule has 1 aromatic rings. The monoisotopic (exact) mass is 311 g/mol. The van der Waals surface area contributed by atoms with Crippen LogP contribution in [0.25, 0.3) is 0 Å². The Labute approximate surface area is 130 Å². The van der Waals surface area contributed by atoms with Crippen molar-refractivity contribution in [3.63, 3.8) is 0 Å². The average Bonchev–Trinajstić information content (AvgIpc) is 2.90. The van der Waals surface area contributed by atoms with E-state index in [1.54, 1.807) is 12.1 Å². The van der Waals surface area contributed by atoms with Crippen molar-refractivity contribution in [2.75, 3.05) is 24.5 Å². The summed E-state index contributed by atoms with van der Waals surface area (Å²) in [5, 5.41) is 15.2. The number of hydrogen-bond acceptors (Lipinski definition) is 4. The number of halogens is 1. The third kappa shape index (κ3) is 4.08. The molecule has 6 heteroatoms. The van der Waals surface area contributed by atoms with Crippen molar-refractivity contribution >= 4 is 23.0 Å². The van der Waals surface area contributed by atoms with Gasteiger partial charge in [0.2, 0.25) is 0 Å². The van der Waals surface area contributed by atoms with E-state index in [0.29, 0.717) is 22.7 Å². The Morgan fingerprint density at radius 2 is 2.29 bits per heavy atom. The van der Waals surface area contributed by atoms with E-state index in [4.69, 9.17) is 11.6 Å². The lowest BCUT2D eigenvalue weighted by Gasteiger charge is -2.29. The minimum absolute atomic E-state index is 0.0844. The number of hydrogen-bond donors (Lipinski definition) is 1. The zero-order valence-corrected chi connectivity index (χ0v) is 13.3. The van der Waals surface area contributed by atoms with Crippen molar-refractivity contribution < 1.29 is 4.92 Å². The van der Waals surface area contributed by atoms with Crippen LogP contribution in [0.15, 0.2) is 18.2 Å². The SMILES string of the molecule is CC(C)CN(CC1CCCN1)c1c(Cl)cccc1[N+](=O)[O-]. The molecule has 0 saturated carbocycles. The molecular formula is C15H22ClN3O2. The van der Waals surface area contributed by atoms with E-state index in [1.165, 1.54) is 6.07 Å². The summed E-state index contributed by atoms with van der Waals surface area (Å²) in [7, 11) is 0. The molecule has 1 aliphatic heterocycles. The zero-order chi connectivity index (χ0) is 15.4. The van der Waals surface area contributed by atoms with Crippen LogP contribution in [0.2, 0.25) is 5.02 Å². The third-order valence-corrected chi connectivity index (χ3v) is 3.97. The Hall–Kier alpha value is -1.33. The van der Waals surface area contributed by atoms with Crippen LogP contribution in [0.4, 0.5) is 11.4 Å². The first-order valence-electron chi connectivity index (χ1n) is 7.40. The Morgan fingerprint density at radius 3 is 2.86 bits per heavy atom. The third-order valence-electron chi connectivity index (χ3n) is 3.67. The quantitative estimate of drug-likeness (QED) is 0.645. The molecule has 0 spiro atoms. The van der Waals surface area contributed by atoms with E-state index in [9.17, 15) is 10.1 Å². The van der Waals surface area contributed by atoms with Gasteiger partial charge in [-0.15, -0.1) is 0 Å². The number of rotatable bonds is 6. The first kappa shape index (κ1) is 16.0. The Balaban J connectivity index is 2.32. The molecule has 1 heterocycles. The van der Waals surface area contributed by atoms with E-state index < -0.39 is 0 Å². The second-order valence-electron chi connectivity index (χ2n) is 5.96. The second kappa shape index (κ2) is 7.09. The van der Waals surface area contributed by atoms with Crippen LogP contribution in [-0.2, 0) is 0 Å². The first-order valence-corrected chi connectivity index (χ1v) is 7.78. The van der Waals surface area contributed by atoms with Crippen LogP contribution < -0.4 is 10.2 Å². The van der Waals surface area contributed by atoms with Crippen molar-refractivity contribution in [2.45, 2.75) is 32.7 Å². The molecule has 1 fully saturated rings. The predicted molar refractivity (Wildman–Crippen MR) is 86.2 cm³/mol. The number of nitrogens with one attached hydrogen (secondary N) is 1. The Morgan fingerprint density at radius 1 is 1.52 bits per heavy atom. The number of para-hydroxylation sites is 1. The summed E-state index contributed by atoms with van der Waals surface area (Å²) < 4.78 is 0. The predicted octanol–water partition coefficient (Wildman–Crippen LogP) is 3.46. The van der Waals surface area contributed by atoms with Gasteiger partial charge < -0.3 is 10.2 Å². The van der Waals surface area contributed by atoms with Crippen LogP contribution in [-0.4, -0.2) is 30.6 Å². The van der Waals surface area contributed by atoms with E-state index in [-0.39, 0.29) is 10.6 Å². The smallest absolute Gasteiger partial charge is 0.294 e. The molecule has 2 rings (SSSR count). The standard InChI is InChI=1S/C15H22ClN3O2/c1-11(2)9-18(10-12-5-4-8-17-12)15-13(16)6-3-7-14(15)19(20)21/h3,6-7,11-12,17H,4-5,8-10H2,1-2H3. The van der Waals surface area contributed by atoms with Crippen LogP contribution in [0.5, 0.6) is 0 Å². The summed E-state index contributed by atoms with van der Waals surface area (Å²) in [5.41, 5.74) is 0.632. The van der Waals surface area contributed by atoms with Gasteiger partial charge in [-0.1, -0.05) is 31.5 Å². The first-order chi connectivity index (χ1) is 9.99. The summed E-state index contributed by atoms with van der Waals surface area (Å²) in [4.78, 5) is 13.0. The highest BCUT2D eigenvalue weighted by Crippen LogP contribution is 2.36. The molecular weight excluding hydrogens is 290 g/mol. The number of anilines is 1. The number of nitro groups is 1. The molecule has 0 radical (unpaired) electrons.